The summed E-state index contributed by atoms with van der Waals surface area (Å²) in [7, 11) is 0. The zero-order chi connectivity index (χ0) is 18.9. The minimum atomic E-state index is -0.0535. The van der Waals surface area contributed by atoms with E-state index in [0.29, 0.717) is 31.1 Å². The Kier molecular flexibility index (Phi) is 7.67. The van der Waals surface area contributed by atoms with E-state index in [1.807, 2.05) is 55.5 Å². The standard InChI is InChI=1S/C21H25ClN2O2/c1-16-6-8-19(9-7-16)15-24(17(2)25)13-11-21(26)23-12-10-18-4-3-5-20(22)14-18/h3-9,14H,10-13,15H2,1-2H3,(H,23,26). The van der Waals surface area contributed by atoms with E-state index in [1.165, 1.54) is 12.5 Å². The number of hydrogen-bond donors (Lipinski definition) is 1. The van der Waals surface area contributed by atoms with Gasteiger partial charge in [-0.3, -0.25) is 9.59 Å². The van der Waals surface area contributed by atoms with Crippen LogP contribution in [0.5, 0.6) is 0 Å². The maximum Gasteiger partial charge on any atom is 0.221 e. The van der Waals surface area contributed by atoms with Gasteiger partial charge in [0.15, 0.2) is 0 Å². The third-order valence-electron chi connectivity index (χ3n) is 4.17. The highest BCUT2D eigenvalue weighted by Gasteiger charge is 2.11. The first-order chi connectivity index (χ1) is 12.4. The lowest BCUT2D eigenvalue weighted by Gasteiger charge is -2.21. The van der Waals surface area contributed by atoms with E-state index in [4.69, 9.17) is 11.6 Å². The SMILES string of the molecule is CC(=O)N(CCC(=O)NCCc1cccc(Cl)c1)Cc1ccc(C)cc1. The first kappa shape index (κ1) is 20.0. The molecule has 2 amide bonds. The van der Waals surface area contributed by atoms with Crippen LogP contribution in [0.1, 0.15) is 30.0 Å². The van der Waals surface area contributed by atoms with Crippen molar-refractivity contribution >= 4 is 23.4 Å². The fourth-order valence-corrected chi connectivity index (χ4v) is 2.84. The van der Waals surface area contributed by atoms with Crippen molar-refractivity contribution in [3.8, 4) is 0 Å². The molecule has 0 radical (unpaired) electrons. The molecule has 138 valence electrons. The second-order valence-electron chi connectivity index (χ2n) is 6.41. The molecule has 0 heterocycles. The van der Waals surface area contributed by atoms with E-state index in [2.05, 4.69) is 5.32 Å². The number of carbonyl (C=O) groups is 2. The van der Waals surface area contributed by atoms with Gasteiger partial charge in [-0.25, -0.2) is 0 Å². The van der Waals surface area contributed by atoms with Gasteiger partial charge in [-0.1, -0.05) is 53.6 Å². The number of halogens is 1. The summed E-state index contributed by atoms with van der Waals surface area (Å²) in [4.78, 5) is 25.6. The second-order valence-corrected chi connectivity index (χ2v) is 6.84. The zero-order valence-electron chi connectivity index (χ0n) is 15.3. The highest BCUT2D eigenvalue weighted by molar-refractivity contribution is 6.30. The van der Waals surface area contributed by atoms with Crippen LogP contribution in [0.4, 0.5) is 0 Å². The van der Waals surface area contributed by atoms with E-state index in [-0.39, 0.29) is 11.8 Å². The number of nitrogens with zero attached hydrogens (tertiary/aromatic N) is 1. The summed E-state index contributed by atoms with van der Waals surface area (Å²) in [5.41, 5.74) is 3.33. The Morgan fingerprint density at radius 3 is 2.46 bits per heavy atom. The largest absolute Gasteiger partial charge is 0.356 e. The van der Waals surface area contributed by atoms with Crippen LogP contribution < -0.4 is 5.32 Å². The van der Waals surface area contributed by atoms with Crippen molar-refractivity contribution in [1.29, 1.82) is 0 Å². The highest BCUT2D eigenvalue weighted by atomic mass is 35.5. The lowest BCUT2D eigenvalue weighted by molar-refractivity contribution is -0.130. The Hall–Kier alpha value is -2.33. The molecule has 2 rings (SSSR count). The van der Waals surface area contributed by atoms with Crippen LogP contribution >= 0.6 is 11.6 Å². The maximum atomic E-state index is 12.0. The van der Waals surface area contributed by atoms with E-state index in [1.54, 1.807) is 4.90 Å². The Morgan fingerprint density at radius 1 is 1.08 bits per heavy atom. The molecule has 26 heavy (non-hydrogen) atoms. The van der Waals surface area contributed by atoms with Crippen molar-refractivity contribution in [3.63, 3.8) is 0 Å². The van der Waals surface area contributed by atoms with E-state index in [0.717, 1.165) is 17.5 Å². The molecule has 4 nitrogen and oxygen atoms in total. The smallest absolute Gasteiger partial charge is 0.221 e. The summed E-state index contributed by atoms with van der Waals surface area (Å²) < 4.78 is 0. The first-order valence-corrected chi connectivity index (χ1v) is 9.14. The number of carbonyl (C=O) groups excluding carboxylic acids is 2. The Morgan fingerprint density at radius 2 is 1.81 bits per heavy atom. The predicted molar refractivity (Wildman–Crippen MR) is 105 cm³/mol. The van der Waals surface area contributed by atoms with Crippen molar-refractivity contribution in [1.82, 2.24) is 10.2 Å². The van der Waals surface area contributed by atoms with Crippen molar-refractivity contribution in [2.24, 2.45) is 0 Å². The van der Waals surface area contributed by atoms with E-state index >= 15 is 0 Å². The number of benzene rings is 2. The summed E-state index contributed by atoms with van der Waals surface area (Å²) in [6.45, 7) is 5.04. The molecule has 0 saturated carbocycles. The molecule has 0 saturated heterocycles. The van der Waals surface area contributed by atoms with Crippen molar-refractivity contribution in [2.75, 3.05) is 13.1 Å². The van der Waals surface area contributed by atoms with E-state index < -0.39 is 0 Å². The van der Waals surface area contributed by atoms with Crippen LogP contribution in [0.2, 0.25) is 5.02 Å². The van der Waals surface area contributed by atoms with Crippen molar-refractivity contribution < 1.29 is 9.59 Å². The molecule has 0 aliphatic heterocycles. The minimum absolute atomic E-state index is 0.0303. The highest BCUT2D eigenvalue weighted by Crippen LogP contribution is 2.11. The predicted octanol–water partition coefficient (Wildman–Crippen LogP) is 3.75. The molecular weight excluding hydrogens is 348 g/mol. The summed E-state index contributed by atoms with van der Waals surface area (Å²) in [6.07, 6.45) is 1.02. The van der Waals surface area contributed by atoms with Gasteiger partial charge in [-0.05, 0) is 36.6 Å². The molecule has 0 fully saturated rings. The molecule has 2 aromatic rings. The number of aryl methyl sites for hydroxylation is 1. The first-order valence-electron chi connectivity index (χ1n) is 8.76. The minimum Gasteiger partial charge on any atom is -0.356 e. The molecule has 0 bridgehead atoms. The van der Waals surface area contributed by atoms with Crippen LogP contribution in [0.3, 0.4) is 0 Å². The van der Waals surface area contributed by atoms with Crippen LogP contribution in [0.15, 0.2) is 48.5 Å². The monoisotopic (exact) mass is 372 g/mol. The van der Waals surface area contributed by atoms with Crippen LogP contribution in [-0.2, 0) is 22.6 Å². The molecule has 5 heteroatoms. The van der Waals surface area contributed by atoms with Gasteiger partial charge in [0.05, 0.1) is 0 Å². The summed E-state index contributed by atoms with van der Waals surface area (Å²) in [6, 6.07) is 15.7. The normalized spacial score (nSPS) is 10.4. The van der Waals surface area contributed by atoms with E-state index in [9.17, 15) is 9.59 Å². The van der Waals surface area contributed by atoms with Crippen LogP contribution in [0.25, 0.3) is 0 Å². The van der Waals surface area contributed by atoms with Gasteiger partial charge in [0.2, 0.25) is 11.8 Å². The molecule has 0 aromatic heterocycles. The van der Waals surface area contributed by atoms with Gasteiger partial charge in [-0.15, -0.1) is 0 Å². The average molecular weight is 373 g/mol. The third-order valence-corrected chi connectivity index (χ3v) is 4.41. The van der Waals surface area contributed by atoms with Gasteiger partial charge < -0.3 is 10.2 Å². The molecule has 0 aliphatic rings. The van der Waals surface area contributed by atoms with Gasteiger partial charge in [0.1, 0.15) is 0 Å². The Labute approximate surface area is 160 Å². The molecule has 0 unspecified atom stereocenters. The van der Waals surface area contributed by atoms with Crippen molar-refractivity contribution in [2.45, 2.75) is 33.2 Å². The molecule has 0 spiro atoms. The number of hydrogen-bond acceptors (Lipinski definition) is 2. The zero-order valence-corrected chi connectivity index (χ0v) is 16.1. The van der Waals surface area contributed by atoms with Gasteiger partial charge >= 0.3 is 0 Å². The number of nitrogens with one attached hydrogen (secondary N) is 1. The van der Waals surface area contributed by atoms with Crippen molar-refractivity contribution in [3.05, 3.63) is 70.2 Å². The molecular formula is C21H25ClN2O2. The summed E-state index contributed by atoms with van der Waals surface area (Å²) in [5, 5.41) is 3.59. The molecule has 0 aliphatic carbocycles. The fraction of sp³-hybridized carbons (Fsp3) is 0.333. The van der Waals surface area contributed by atoms with Gasteiger partial charge in [0, 0.05) is 38.0 Å². The second kappa shape index (κ2) is 9.97. The number of rotatable bonds is 8. The quantitative estimate of drug-likeness (QED) is 0.767. The van der Waals surface area contributed by atoms with Gasteiger partial charge in [-0.2, -0.15) is 0 Å². The Bertz CT molecular complexity index is 744. The maximum absolute atomic E-state index is 12.0. The van der Waals surface area contributed by atoms with Gasteiger partial charge in [0.25, 0.3) is 0 Å². The summed E-state index contributed by atoms with van der Waals surface area (Å²) in [5.74, 6) is -0.0838. The average Bonchev–Trinajstić information content (AvgIpc) is 2.60. The number of amides is 2. The molecule has 1 N–H and O–H groups in total. The third kappa shape index (κ3) is 6.89. The Balaban J connectivity index is 1.76. The van der Waals surface area contributed by atoms with Crippen LogP contribution in [0, 0.1) is 6.92 Å². The van der Waals surface area contributed by atoms with Crippen LogP contribution in [-0.4, -0.2) is 29.8 Å². The molecule has 0 atom stereocenters. The lowest BCUT2D eigenvalue weighted by Crippen LogP contribution is -2.34. The summed E-state index contributed by atoms with van der Waals surface area (Å²) >= 11 is 5.95. The topological polar surface area (TPSA) is 49.4 Å². The molecule has 2 aromatic carbocycles. The fourth-order valence-electron chi connectivity index (χ4n) is 2.63. The lowest BCUT2D eigenvalue weighted by atomic mass is 10.1.